The maximum absolute atomic E-state index is 13.2. The monoisotopic (exact) mass is 310 g/mol. The number of fused-ring (bicyclic) bond motifs is 1. The third kappa shape index (κ3) is 2.46. The fourth-order valence-corrected chi connectivity index (χ4v) is 3.34. The normalized spacial score (nSPS) is 22.5. The van der Waals surface area contributed by atoms with Gasteiger partial charge in [0.1, 0.15) is 0 Å². The molecule has 1 saturated heterocycles. The van der Waals surface area contributed by atoms with Crippen molar-refractivity contribution in [3.63, 3.8) is 0 Å². The summed E-state index contributed by atoms with van der Waals surface area (Å²) in [4.78, 5) is 16.0. The van der Waals surface area contributed by atoms with E-state index in [1.165, 1.54) is 6.07 Å². The van der Waals surface area contributed by atoms with Gasteiger partial charge in [0, 0.05) is 34.7 Å². The van der Waals surface area contributed by atoms with Gasteiger partial charge >= 0.3 is 6.18 Å². The number of hydrogen-bond donors (Lipinski definition) is 1. The van der Waals surface area contributed by atoms with Crippen molar-refractivity contribution in [1.82, 2.24) is 4.98 Å². The fraction of sp³-hybridized carbons (Fsp3) is 0.438. The van der Waals surface area contributed by atoms with Crippen molar-refractivity contribution >= 4 is 16.6 Å². The Morgan fingerprint density at radius 1 is 1.14 bits per heavy atom. The van der Waals surface area contributed by atoms with Gasteiger partial charge < -0.3 is 9.88 Å². The van der Waals surface area contributed by atoms with Crippen molar-refractivity contribution in [1.29, 1.82) is 0 Å². The van der Waals surface area contributed by atoms with Gasteiger partial charge in [0.2, 0.25) is 5.56 Å². The Kier molecular flexibility index (Phi) is 3.42. The van der Waals surface area contributed by atoms with E-state index in [1.807, 2.05) is 0 Å². The number of benzene rings is 1. The Bertz CT molecular complexity index is 756. The second-order valence-corrected chi connectivity index (χ2v) is 5.96. The van der Waals surface area contributed by atoms with Crippen LogP contribution in [0.3, 0.4) is 0 Å². The highest BCUT2D eigenvalue weighted by Crippen LogP contribution is 2.37. The lowest BCUT2D eigenvalue weighted by atomic mass is 10.1. The molecule has 2 aromatic rings. The summed E-state index contributed by atoms with van der Waals surface area (Å²) in [7, 11) is 0. The number of nitrogens with one attached hydrogen (secondary N) is 1. The lowest BCUT2D eigenvalue weighted by Crippen LogP contribution is -2.32. The van der Waals surface area contributed by atoms with Crippen LogP contribution in [0.4, 0.5) is 18.9 Å². The maximum atomic E-state index is 13.2. The molecule has 3 rings (SSSR count). The average Bonchev–Trinajstić information content (AvgIpc) is 2.76. The number of rotatable bonds is 1. The molecule has 1 aromatic carbocycles. The summed E-state index contributed by atoms with van der Waals surface area (Å²) in [6.07, 6.45) is -2.50. The van der Waals surface area contributed by atoms with Crippen LogP contribution >= 0.6 is 0 Å². The van der Waals surface area contributed by atoms with Gasteiger partial charge in [-0.3, -0.25) is 4.79 Å². The molecule has 1 aliphatic rings. The number of aromatic nitrogens is 1. The number of alkyl halides is 3. The van der Waals surface area contributed by atoms with Crippen LogP contribution in [0.15, 0.2) is 29.1 Å². The Morgan fingerprint density at radius 2 is 1.77 bits per heavy atom. The molecule has 0 bridgehead atoms. The molecular weight excluding hydrogens is 293 g/mol. The van der Waals surface area contributed by atoms with Gasteiger partial charge in [-0.1, -0.05) is 0 Å². The van der Waals surface area contributed by atoms with Crippen LogP contribution in [0.1, 0.15) is 32.3 Å². The Labute approximate surface area is 125 Å². The first-order valence-electron chi connectivity index (χ1n) is 7.30. The number of halogens is 3. The molecule has 1 N–H and O–H groups in total. The first-order chi connectivity index (χ1) is 10.3. The summed E-state index contributed by atoms with van der Waals surface area (Å²) in [6.45, 7) is 4.15. The molecule has 1 aromatic heterocycles. The zero-order chi connectivity index (χ0) is 16.1. The number of nitrogens with zero attached hydrogens (tertiary/aromatic N) is 1. The maximum Gasteiger partial charge on any atom is 0.417 e. The molecule has 0 aliphatic carbocycles. The lowest BCUT2D eigenvalue weighted by Gasteiger charge is -2.29. The molecule has 22 heavy (non-hydrogen) atoms. The quantitative estimate of drug-likeness (QED) is 0.866. The molecule has 1 aliphatic heterocycles. The third-order valence-corrected chi connectivity index (χ3v) is 4.38. The number of pyridine rings is 1. The van der Waals surface area contributed by atoms with Gasteiger partial charge in [-0.15, -0.1) is 0 Å². The Morgan fingerprint density at radius 3 is 2.36 bits per heavy atom. The first kappa shape index (κ1) is 14.9. The molecule has 1 fully saturated rings. The molecule has 3 nitrogen and oxygen atoms in total. The van der Waals surface area contributed by atoms with Crippen LogP contribution in [-0.4, -0.2) is 17.1 Å². The van der Waals surface area contributed by atoms with Crippen molar-refractivity contribution in [2.45, 2.75) is 44.9 Å². The summed E-state index contributed by atoms with van der Waals surface area (Å²) in [6, 6.07) is 6.08. The smallest absolute Gasteiger partial charge is 0.366 e. The van der Waals surface area contributed by atoms with Crippen LogP contribution in [0.25, 0.3) is 10.9 Å². The van der Waals surface area contributed by atoms with Gasteiger partial charge in [-0.05, 0) is 44.9 Å². The second-order valence-electron chi connectivity index (χ2n) is 5.96. The average molecular weight is 310 g/mol. The molecule has 0 unspecified atom stereocenters. The highest BCUT2D eigenvalue weighted by Gasteiger charge is 2.34. The zero-order valence-electron chi connectivity index (χ0n) is 12.4. The molecule has 2 atom stereocenters. The zero-order valence-corrected chi connectivity index (χ0v) is 12.4. The highest BCUT2D eigenvalue weighted by atomic mass is 19.4. The third-order valence-electron chi connectivity index (χ3n) is 4.38. The van der Waals surface area contributed by atoms with Gasteiger partial charge in [0.15, 0.2) is 0 Å². The van der Waals surface area contributed by atoms with Crippen LogP contribution in [0.2, 0.25) is 0 Å². The summed E-state index contributed by atoms with van der Waals surface area (Å²) < 4.78 is 39.6. The van der Waals surface area contributed by atoms with E-state index in [0.29, 0.717) is 18.2 Å². The van der Waals surface area contributed by atoms with Gasteiger partial charge in [0.25, 0.3) is 0 Å². The van der Waals surface area contributed by atoms with E-state index in [0.717, 1.165) is 18.5 Å². The van der Waals surface area contributed by atoms with E-state index < -0.39 is 17.3 Å². The molecular formula is C16H17F3N2O. The molecule has 118 valence electrons. The van der Waals surface area contributed by atoms with Crippen molar-refractivity contribution in [2.75, 3.05) is 4.90 Å². The summed E-state index contributed by atoms with van der Waals surface area (Å²) in [5.74, 6) is 0. The van der Waals surface area contributed by atoms with E-state index in [9.17, 15) is 18.0 Å². The van der Waals surface area contributed by atoms with E-state index in [2.05, 4.69) is 23.7 Å². The van der Waals surface area contributed by atoms with E-state index >= 15 is 0 Å². The topological polar surface area (TPSA) is 36.1 Å². The minimum atomic E-state index is -4.55. The SMILES string of the molecule is C[C@@H]1CC[C@@H](C)N1c1ccc2[nH]c(=O)cc(C(F)(F)F)c2c1. The number of aromatic amines is 1. The lowest BCUT2D eigenvalue weighted by molar-refractivity contribution is -0.136. The van der Waals surface area contributed by atoms with E-state index in [1.54, 1.807) is 12.1 Å². The number of hydrogen-bond acceptors (Lipinski definition) is 2. The van der Waals surface area contributed by atoms with Crippen molar-refractivity contribution < 1.29 is 13.2 Å². The summed E-state index contributed by atoms with van der Waals surface area (Å²) >= 11 is 0. The first-order valence-corrected chi connectivity index (χ1v) is 7.30. The molecule has 0 saturated carbocycles. The Balaban J connectivity index is 2.21. The summed E-state index contributed by atoms with van der Waals surface area (Å²) in [5, 5.41) is 0.0379. The van der Waals surface area contributed by atoms with E-state index in [-0.39, 0.29) is 10.9 Å². The van der Waals surface area contributed by atoms with Crippen LogP contribution in [-0.2, 0) is 6.18 Å². The van der Waals surface area contributed by atoms with Crippen LogP contribution in [0, 0.1) is 0 Å². The van der Waals surface area contributed by atoms with E-state index in [4.69, 9.17) is 0 Å². The minimum absolute atomic E-state index is 0.0379. The van der Waals surface area contributed by atoms with Crippen molar-refractivity contribution in [2.24, 2.45) is 0 Å². The second kappa shape index (κ2) is 5.04. The molecule has 0 spiro atoms. The standard InChI is InChI=1S/C16H17F3N2O/c1-9-3-4-10(2)21(9)11-5-6-14-12(7-11)13(16(17,18)19)8-15(22)20-14/h5-10H,3-4H2,1-2H3,(H,20,22)/t9-,10-/m1/s1. The number of H-pyrrole nitrogens is 1. The number of anilines is 1. The van der Waals surface area contributed by atoms with Crippen LogP contribution < -0.4 is 10.5 Å². The molecule has 0 radical (unpaired) electrons. The molecule has 0 amide bonds. The molecule has 6 heteroatoms. The Hall–Kier alpha value is -1.98. The summed E-state index contributed by atoms with van der Waals surface area (Å²) in [5.41, 5.74) is -0.645. The van der Waals surface area contributed by atoms with Crippen LogP contribution in [0.5, 0.6) is 0 Å². The van der Waals surface area contributed by atoms with Gasteiger partial charge in [-0.2, -0.15) is 13.2 Å². The highest BCUT2D eigenvalue weighted by molar-refractivity contribution is 5.86. The van der Waals surface area contributed by atoms with Gasteiger partial charge in [-0.25, -0.2) is 0 Å². The van der Waals surface area contributed by atoms with Crippen molar-refractivity contribution in [3.05, 3.63) is 40.2 Å². The molecule has 2 heterocycles. The fourth-order valence-electron chi connectivity index (χ4n) is 3.34. The van der Waals surface area contributed by atoms with Gasteiger partial charge in [0.05, 0.1) is 5.56 Å². The predicted molar refractivity (Wildman–Crippen MR) is 80.2 cm³/mol. The predicted octanol–water partition coefficient (Wildman–Crippen LogP) is 3.92. The van der Waals surface area contributed by atoms with Crippen molar-refractivity contribution in [3.8, 4) is 0 Å². The largest absolute Gasteiger partial charge is 0.417 e. The minimum Gasteiger partial charge on any atom is -0.366 e.